The molecule has 6 N–H and O–H groups in total. The minimum atomic E-state index is -1.61. The summed E-state index contributed by atoms with van der Waals surface area (Å²) >= 11 is 0. The molecule has 8 unspecified atom stereocenters. The lowest BCUT2D eigenvalue weighted by atomic mass is 9.99. The van der Waals surface area contributed by atoms with E-state index in [-0.39, 0.29) is 13.0 Å². The molecule has 0 radical (unpaired) electrons. The molecule has 1 aliphatic rings. The summed E-state index contributed by atoms with van der Waals surface area (Å²) in [5.41, 5.74) is 0. The summed E-state index contributed by atoms with van der Waals surface area (Å²) in [7, 11) is 0. The van der Waals surface area contributed by atoms with Gasteiger partial charge in [-0.15, -0.1) is 0 Å². The quantitative estimate of drug-likeness (QED) is 0.0195. The number of hydrogen-bond acceptors (Lipinski definition) is 10. The molecule has 11 nitrogen and oxygen atoms in total. The average molecular weight is 1170 g/mol. The van der Waals surface area contributed by atoms with E-state index in [1.165, 1.54) is 231 Å². The second-order valence-corrected chi connectivity index (χ2v) is 25.0. The van der Waals surface area contributed by atoms with Gasteiger partial charge in [-0.25, -0.2) is 0 Å². The second-order valence-electron chi connectivity index (χ2n) is 25.0. The van der Waals surface area contributed by atoms with E-state index in [9.17, 15) is 35.1 Å². The van der Waals surface area contributed by atoms with Crippen LogP contribution < -0.4 is 5.32 Å². The Kier molecular flexibility index (Phi) is 57.2. The third-order valence-corrected chi connectivity index (χ3v) is 17.0. The van der Waals surface area contributed by atoms with Crippen LogP contribution in [0.1, 0.15) is 348 Å². The molecular formula is C72H135NO10. The van der Waals surface area contributed by atoms with Gasteiger partial charge in [0.2, 0.25) is 5.91 Å². The molecule has 0 spiro atoms. The van der Waals surface area contributed by atoms with Crippen LogP contribution in [-0.2, 0) is 23.8 Å². The molecule has 1 amide bonds. The molecule has 0 aromatic rings. The van der Waals surface area contributed by atoms with Gasteiger partial charge < -0.3 is 45.1 Å². The standard InChI is InChI=1S/C72H135NO10/c1-4-7-10-13-16-19-22-24-26-28-29-30-31-32-33-34-35-36-38-39-41-44-47-50-53-56-59-65(76)71(80)73-63(64(75)58-55-52-49-46-43-21-18-15-12-9-6-3)62-81-72-70(69(79)68(78)66(61-74)82-72)83-67(77)60-57-54-51-48-45-42-40-37-27-25-23-20-17-14-11-8-5-2/h24-27,55,58,63-66,68-70,72,74-76,78-79H,4-23,28-54,56-57,59-62H2,1-3H3,(H,73,80)/b26-24+,27-25+,58-55+. The van der Waals surface area contributed by atoms with Crippen LogP contribution in [0.25, 0.3) is 0 Å². The number of nitrogens with one attached hydrogen (secondary N) is 1. The lowest BCUT2D eigenvalue weighted by Gasteiger charge is -2.41. The Labute approximate surface area is 511 Å². The van der Waals surface area contributed by atoms with Crippen molar-refractivity contribution >= 4 is 11.9 Å². The summed E-state index contributed by atoms with van der Waals surface area (Å²) in [5, 5.41) is 57.2. The lowest BCUT2D eigenvalue weighted by Crippen LogP contribution is -2.61. The van der Waals surface area contributed by atoms with Crippen LogP contribution in [0, 0.1) is 0 Å². The molecule has 1 aliphatic heterocycles. The fourth-order valence-corrected chi connectivity index (χ4v) is 11.3. The average Bonchev–Trinajstić information content (AvgIpc) is 3.62. The maximum absolute atomic E-state index is 13.5. The number of aliphatic hydroxyl groups excluding tert-OH is 5. The topological polar surface area (TPSA) is 175 Å². The Morgan fingerprint density at radius 2 is 0.795 bits per heavy atom. The van der Waals surface area contributed by atoms with Gasteiger partial charge in [0.05, 0.1) is 25.4 Å². The van der Waals surface area contributed by atoms with Crippen molar-refractivity contribution < 1.29 is 49.3 Å². The first-order valence-corrected chi connectivity index (χ1v) is 35.8. The SMILES string of the molecule is CCCCCCCC/C=C/CCCCCCCCCCCCCCCCCCC(O)C(=O)NC(COC1OC(CO)C(O)C(O)C1OC(=O)CCCCCCCCC/C=C/CCCCCCCC)C(O)/C=C/CCCCCCCCCCC. The zero-order valence-corrected chi connectivity index (χ0v) is 54.3. The highest BCUT2D eigenvalue weighted by atomic mass is 16.7. The van der Waals surface area contributed by atoms with E-state index in [1.54, 1.807) is 6.08 Å². The first kappa shape index (κ1) is 78.9. The molecule has 0 bridgehead atoms. The van der Waals surface area contributed by atoms with Gasteiger partial charge in [0, 0.05) is 6.42 Å². The number of carbonyl (C=O) groups is 2. The zero-order chi connectivity index (χ0) is 60.3. The van der Waals surface area contributed by atoms with Crippen molar-refractivity contribution in [2.24, 2.45) is 0 Å². The first-order chi connectivity index (χ1) is 40.7. The first-order valence-electron chi connectivity index (χ1n) is 35.8. The smallest absolute Gasteiger partial charge is 0.306 e. The molecular weight excluding hydrogens is 1040 g/mol. The van der Waals surface area contributed by atoms with E-state index in [4.69, 9.17) is 14.2 Å². The number of allylic oxidation sites excluding steroid dienone is 5. The van der Waals surface area contributed by atoms with E-state index in [2.05, 4.69) is 50.4 Å². The summed E-state index contributed by atoms with van der Waals surface area (Å²) < 4.78 is 17.7. The van der Waals surface area contributed by atoms with Crippen molar-refractivity contribution in [1.29, 1.82) is 0 Å². The third kappa shape index (κ3) is 47.6. The summed E-state index contributed by atoms with van der Waals surface area (Å²) in [4.78, 5) is 26.6. The van der Waals surface area contributed by atoms with Crippen LogP contribution >= 0.6 is 0 Å². The number of amides is 1. The number of rotatable bonds is 62. The van der Waals surface area contributed by atoms with Crippen molar-refractivity contribution in [3.8, 4) is 0 Å². The molecule has 1 rings (SSSR count). The number of ether oxygens (including phenoxy) is 3. The monoisotopic (exact) mass is 1170 g/mol. The molecule has 1 heterocycles. The Bertz CT molecular complexity index is 1490. The highest BCUT2D eigenvalue weighted by molar-refractivity contribution is 5.80. The Balaban J connectivity index is 2.53. The number of aliphatic hydroxyl groups is 5. The van der Waals surface area contributed by atoms with E-state index >= 15 is 0 Å². The number of esters is 1. The van der Waals surface area contributed by atoms with E-state index in [1.807, 2.05) is 6.08 Å². The molecule has 1 fully saturated rings. The summed E-state index contributed by atoms with van der Waals surface area (Å²) in [6.07, 6.45) is 63.4. The van der Waals surface area contributed by atoms with Gasteiger partial charge >= 0.3 is 5.97 Å². The van der Waals surface area contributed by atoms with Gasteiger partial charge in [0.15, 0.2) is 12.4 Å². The Hall–Kier alpha value is -2.12. The van der Waals surface area contributed by atoms with Gasteiger partial charge in [-0.2, -0.15) is 0 Å². The highest BCUT2D eigenvalue weighted by Gasteiger charge is 2.47. The van der Waals surface area contributed by atoms with E-state index < -0.39 is 67.4 Å². The maximum atomic E-state index is 13.5. The summed E-state index contributed by atoms with van der Waals surface area (Å²) in [6.45, 7) is 5.82. The minimum absolute atomic E-state index is 0.122. The molecule has 0 aromatic heterocycles. The normalized spacial score (nSPS) is 18.7. The molecule has 8 atom stereocenters. The fraction of sp³-hybridized carbons (Fsp3) is 0.889. The van der Waals surface area contributed by atoms with Crippen molar-refractivity contribution in [2.75, 3.05) is 13.2 Å². The summed E-state index contributed by atoms with van der Waals surface area (Å²) in [6, 6.07) is -1.02. The molecule has 0 saturated carbocycles. The van der Waals surface area contributed by atoms with Crippen LogP contribution in [-0.4, -0.2) is 99.6 Å². The van der Waals surface area contributed by atoms with E-state index in [0.29, 0.717) is 19.3 Å². The van der Waals surface area contributed by atoms with Crippen molar-refractivity contribution in [1.82, 2.24) is 5.32 Å². The van der Waals surface area contributed by atoms with Gasteiger partial charge in [-0.1, -0.05) is 301 Å². The van der Waals surface area contributed by atoms with Crippen molar-refractivity contribution in [3.05, 3.63) is 36.5 Å². The second kappa shape index (κ2) is 60.2. The Morgan fingerprint density at radius 1 is 0.458 bits per heavy atom. The van der Waals surface area contributed by atoms with Crippen LogP contribution in [0.2, 0.25) is 0 Å². The van der Waals surface area contributed by atoms with Crippen molar-refractivity contribution in [3.63, 3.8) is 0 Å². The molecule has 83 heavy (non-hydrogen) atoms. The molecule has 0 aromatic carbocycles. The molecule has 0 aliphatic carbocycles. The molecule has 488 valence electrons. The zero-order valence-electron chi connectivity index (χ0n) is 54.3. The Morgan fingerprint density at radius 3 is 1.17 bits per heavy atom. The molecule has 1 saturated heterocycles. The predicted molar refractivity (Wildman–Crippen MR) is 347 cm³/mol. The number of unbranched alkanes of at least 4 members (excludes halogenated alkanes) is 44. The summed E-state index contributed by atoms with van der Waals surface area (Å²) in [5.74, 6) is -1.18. The largest absolute Gasteiger partial charge is 0.454 e. The predicted octanol–water partition coefficient (Wildman–Crippen LogP) is 18.2. The van der Waals surface area contributed by atoms with E-state index in [0.717, 1.165) is 70.6 Å². The minimum Gasteiger partial charge on any atom is -0.454 e. The maximum Gasteiger partial charge on any atom is 0.306 e. The van der Waals surface area contributed by atoms with Gasteiger partial charge in [-0.05, 0) is 77.0 Å². The van der Waals surface area contributed by atoms with Crippen molar-refractivity contribution in [2.45, 2.75) is 397 Å². The molecule has 11 heteroatoms. The van der Waals surface area contributed by atoms with Crippen LogP contribution in [0.5, 0.6) is 0 Å². The van der Waals surface area contributed by atoms with Gasteiger partial charge in [0.25, 0.3) is 0 Å². The fourth-order valence-electron chi connectivity index (χ4n) is 11.3. The highest BCUT2D eigenvalue weighted by Crippen LogP contribution is 2.26. The number of hydrogen-bond donors (Lipinski definition) is 6. The van der Waals surface area contributed by atoms with Gasteiger partial charge in [0.1, 0.15) is 24.4 Å². The number of carbonyl (C=O) groups excluding carboxylic acids is 2. The van der Waals surface area contributed by atoms with Crippen LogP contribution in [0.4, 0.5) is 0 Å². The van der Waals surface area contributed by atoms with Gasteiger partial charge in [-0.3, -0.25) is 9.59 Å². The van der Waals surface area contributed by atoms with Crippen LogP contribution in [0.15, 0.2) is 36.5 Å². The lowest BCUT2D eigenvalue weighted by molar-refractivity contribution is -0.305. The van der Waals surface area contributed by atoms with Crippen LogP contribution in [0.3, 0.4) is 0 Å². The third-order valence-electron chi connectivity index (χ3n) is 17.0.